The van der Waals surface area contributed by atoms with Crippen molar-refractivity contribution in [3.8, 4) is 11.5 Å². The Hall–Kier alpha value is -4.31. The fourth-order valence-electron chi connectivity index (χ4n) is 4.87. The molecule has 2 atom stereocenters. The van der Waals surface area contributed by atoms with Crippen LogP contribution in [-0.2, 0) is 11.2 Å². The van der Waals surface area contributed by atoms with Gasteiger partial charge in [-0.3, -0.25) is 19.6 Å². The molecule has 0 spiro atoms. The Bertz CT molecular complexity index is 1540. The summed E-state index contributed by atoms with van der Waals surface area (Å²) in [6, 6.07) is 9.99. The Labute approximate surface area is 246 Å². The van der Waals surface area contributed by atoms with Gasteiger partial charge in [0.05, 0.1) is 23.2 Å². The number of nitrogens with one attached hydrogen (secondary N) is 2. The van der Waals surface area contributed by atoms with E-state index in [-0.39, 0.29) is 35.5 Å². The van der Waals surface area contributed by atoms with Gasteiger partial charge in [0.25, 0.3) is 5.91 Å². The molecular weight excluding hydrogens is 535 g/mol. The number of nitrogens with two attached hydrogens (primary N) is 1. The van der Waals surface area contributed by atoms with Crippen LogP contribution in [0.5, 0.6) is 11.5 Å². The van der Waals surface area contributed by atoms with E-state index in [1.54, 1.807) is 43.5 Å². The van der Waals surface area contributed by atoms with Gasteiger partial charge < -0.3 is 26.0 Å². The molecule has 2 aromatic carbocycles. The van der Waals surface area contributed by atoms with E-state index in [2.05, 4.69) is 20.6 Å². The molecule has 0 aliphatic carbocycles. The largest absolute Gasteiger partial charge is 0.456 e. The number of aryl methyl sites for hydroxylation is 1. The number of rotatable bonds is 7. The van der Waals surface area contributed by atoms with E-state index in [0.717, 1.165) is 13.1 Å². The number of carbonyl (C=O) groups is 2. The minimum atomic E-state index is -0.580. The van der Waals surface area contributed by atoms with Crippen LogP contribution >= 0.6 is 0 Å². The van der Waals surface area contributed by atoms with Crippen LogP contribution in [0.2, 0.25) is 0 Å². The minimum Gasteiger partial charge on any atom is -0.456 e. The van der Waals surface area contributed by atoms with Crippen molar-refractivity contribution in [2.75, 3.05) is 13.1 Å². The maximum absolute atomic E-state index is 15.2. The summed E-state index contributed by atoms with van der Waals surface area (Å²) in [6.07, 6.45) is 4.14. The molecule has 9 nitrogen and oxygen atoms in total. The third-order valence-corrected chi connectivity index (χ3v) is 6.98. The van der Waals surface area contributed by atoms with Crippen molar-refractivity contribution >= 4 is 28.9 Å². The first-order chi connectivity index (χ1) is 19.9. The Kier molecular flexibility index (Phi) is 9.26. The molecule has 1 aliphatic heterocycles. The number of hydrogen-bond acceptors (Lipinski definition) is 7. The van der Waals surface area contributed by atoms with Crippen LogP contribution < -0.4 is 21.1 Å². The van der Waals surface area contributed by atoms with Crippen molar-refractivity contribution in [3.05, 3.63) is 77.0 Å². The van der Waals surface area contributed by atoms with Crippen molar-refractivity contribution in [3.63, 3.8) is 0 Å². The third-order valence-electron chi connectivity index (χ3n) is 6.98. The van der Waals surface area contributed by atoms with Crippen LogP contribution in [-0.4, -0.2) is 58.6 Å². The molecule has 2 unspecified atom stereocenters. The Morgan fingerprint density at radius 2 is 1.88 bits per heavy atom. The number of nitrogens with zero attached hydrogens (tertiary/aromatic N) is 3. The molecule has 2 amide bonds. The molecular formula is C32H39FN6O3. The molecule has 0 saturated carbocycles. The Morgan fingerprint density at radius 1 is 1.17 bits per heavy atom. The Morgan fingerprint density at radius 3 is 2.55 bits per heavy atom. The lowest BCUT2D eigenvalue weighted by Crippen LogP contribution is -2.57. The van der Waals surface area contributed by atoms with Crippen LogP contribution in [0.1, 0.15) is 56.1 Å². The molecule has 42 heavy (non-hydrogen) atoms. The van der Waals surface area contributed by atoms with E-state index in [4.69, 9.17) is 10.5 Å². The summed E-state index contributed by atoms with van der Waals surface area (Å²) in [7, 11) is 0. The highest BCUT2D eigenvalue weighted by atomic mass is 19.1. The standard InChI is InChI=1S/C32H39FN6O3/c1-19-11-23(13-30(40)38-24(15-34)18-37-32(4,5)6)26(33)14-29(19)42-28-9-10-36-27-8-7-22(12-25(27)28)31(41)39-20(2)16-35-17-21(39)3/h7-12,14-15,18,20-21,35H,13,16-17,34H2,1-6H3,(H,38,40)/b24-15+,37-18?. The highest BCUT2D eigenvalue weighted by Crippen LogP contribution is 2.33. The first-order valence-corrected chi connectivity index (χ1v) is 14.0. The van der Waals surface area contributed by atoms with Gasteiger partial charge in [0, 0.05) is 60.8 Å². The van der Waals surface area contributed by atoms with Crippen molar-refractivity contribution in [2.45, 2.75) is 65.6 Å². The van der Waals surface area contributed by atoms with E-state index < -0.39 is 11.7 Å². The fraction of sp³-hybridized carbons (Fsp3) is 0.375. The molecule has 222 valence electrons. The van der Waals surface area contributed by atoms with E-state index in [0.29, 0.717) is 39.2 Å². The monoisotopic (exact) mass is 574 g/mol. The van der Waals surface area contributed by atoms with Crippen LogP contribution in [0.25, 0.3) is 10.9 Å². The molecule has 1 aromatic heterocycles. The fourth-order valence-corrected chi connectivity index (χ4v) is 4.87. The predicted octanol–water partition coefficient (Wildman–Crippen LogP) is 4.63. The molecule has 1 fully saturated rings. The number of ether oxygens (including phenoxy) is 1. The molecule has 0 radical (unpaired) electrons. The number of allylic oxidation sites excluding steroid dienone is 1. The molecule has 2 heterocycles. The van der Waals surface area contributed by atoms with Gasteiger partial charge in [0.15, 0.2) is 0 Å². The quantitative estimate of drug-likeness (QED) is 0.354. The predicted molar refractivity (Wildman–Crippen MR) is 163 cm³/mol. The number of hydrogen-bond donors (Lipinski definition) is 3. The summed E-state index contributed by atoms with van der Waals surface area (Å²) in [5, 5.41) is 6.64. The lowest BCUT2D eigenvalue weighted by Gasteiger charge is -2.39. The van der Waals surface area contributed by atoms with Gasteiger partial charge in [0.1, 0.15) is 17.3 Å². The number of aromatic nitrogens is 1. The van der Waals surface area contributed by atoms with Crippen molar-refractivity contribution in [1.82, 2.24) is 20.5 Å². The van der Waals surface area contributed by atoms with Gasteiger partial charge >= 0.3 is 0 Å². The minimum absolute atomic E-state index is 0.0577. The second-order valence-electron chi connectivity index (χ2n) is 11.7. The molecule has 0 bridgehead atoms. The number of halogens is 1. The van der Waals surface area contributed by atoms with Crippen LogP contribution in [0.15, 0.2) is 59.5 Å². The van der Waals surface area contributed by atoms with E-state index in [9.17, 15) is 9.59 Å². The van der Waals surface area contributed by atoms with Gasteiger partial charge in [-0.2, -0.15) is 0 Å². The smallest absolute Gasteiger partial charge is 0.254 e. The molecule has 4 N–H and O–H groups in total. The Balaban J connectivity index is 1.55. The number of fused-ring (bicyclic) bond motifs is 1. The maximum atomic E-state index is 15.2. The van der Waals surface area contributed by atoms with Crippen molar-refractivity contribution in [2.24, 2.45) is 10.7 Å². The number of aliphatic imine (C=N–C) groups is 1. The molecule has 1 aliphatic rings. The summed E-state index contributed by atoms with van der Waals surface area (Å²) < 4.78 is 21.4. The van der Waals surface area contributed by atoms with Crippen LogP contribution in [0.3, 0.4) is 0 Å². The molecule has 1 saturated heterocycles. The number of piperazine rings is 1. The van der Waals surface area contributed by atoms with Crippen molar-refractivity contribution < 1.29 is 18.7 Å². The summed E-state index contributed by atoms with van der Waals surface area (Å²) in [5.74, 6) is -0.326. The van der Waals surface area contributed by atoms with E-state index in [1.807, 2.05) is 39.5 Å². The molecule has 10 heteroatoms. The van der Waals surface area contributed by atoms with Crippen LogP contribution in [0.4, 0.5) is 4.39 Å². The van der Waals surface area contributed by atoms with Gasteiger partial charge in [0.2, 0.25) is 5.91 Å². The van der Waals surface area contributed by atoms with Crippen molar-refractivity contribution in [1.29, 1.82) is 0 Å². The lowest BCUT2D eigenvalue weighted by atomic mass is 10.0. The average Bonchev–Trinajstić information content (AvgIpc) is 2.93. The zero-order valence-electron chi connectivity index (χ0n) is 25.0. The summed E-state index contributed by atoms with van der Waals surface area (Å²) in [4.78, 5) is 36.7. The zero-order chi connectivity index (χ0) is 30.6. The highest BCUT2D eigenvalue weighted by Gasteiger charge is 2.29. The number of carbonyl (C=O) groups excluding carboxylic acids is 2. The average molecular weight is 575 g/mol. The van der Waals surface area contributed by atoms with Gasteiger partial charge in [-0.05, 0) is 83.0 Å². The summed E-state index contributed by atoms with van der Waals surface area (Å²) >= 11 is 0. The van der Waals surface area contributed by atoms with Gasteiger partial charge in [-0.1, -0.05) is 0 Å². The van der Waals surface area contributed by atoms with Crippen LogP contribution in [0, 0.1) is 12.7 Å². The topological polar surface area (TPSA) is 122 Å². The summed E-state index contributed by atoms with van der Waals surface area (Å²) in [6.45, 7) is 13.1. The number of pyridine rings is 1. The van der Waals surface area contributed by atoms with E-state index >= 15 is 4.39 Å². The number of amides is 2. The SMILES string of the molecule is Cc1cc(CC(=O)N/C(C=NC(C)(C)C)=C/N)c(F)cc1Oc1ccnc2ccc(C(=O)N3C(C)CNCC3C)cc12. The first-order valence-electron chi connectivity index (χ1n) is 14.0. The van der Waals surface area contributed by atoms with E-state index in [1.165, 1.54) is 18.5 Å². The number of benzene rings is 2. The molecule has 4 rings (SSSR count). The first kappa shape index (κ1) is 30.6. The normalized spacial score (nSPS) is 18.0. The zero-order valence-corrected chi connectivity index (χ0v) is 25.0. The third kappa shape index (κ3) is 7.30. The van der Waals surface area contributed by atoms with Gasteiger partial charge in [-0.15, -0.1) is 0 Å². The summed E-state index contributed by atoms with van der Waals surface area (Å²) in [5.41, 5.74) is 7.65. The highest BCUT2D eigenvalue weighted by molar-refractivity contribution is 5.99. The second kappa shape index (κ2) is 12.7. The second-order valence-corrected chi connectivity index (χ2v) is 11.7. The maximum Gasteiger partial charge on any atom is 0.254 e. The van der Waals surface area contributed by atoms with Gasteiger partial charge in [-0.25, -0.2) is 4.39 Å². The molecule has 3 aromatic rings. The lowest BCUT2D eigenvalue weighted by molar-refractivity contribution is -0.119.